The van der Waals surface area contributed by atoms with Crippen molar-refractivity contribution in [1.29, 1.82) is 0 Å². The van der Waals surface area contributed by atoms with Crippen molar-refractivity contribution in [2.75, 3.05) is 20.3 Å². The van der Waals surface area contributed by atoms with E-state index >= 15 is 0 Å². The van der Waals surface area contributed by atoms with Crippen molar-refractivity contribution in [2.24, 2.45) is 0 Å². The third-order valence-corrected chi connectivity index (χ3v) is 7.32. The van der Waals surface area contributed by atoms with Crippen molar-refractivity contribution in [3.8, 4) is 11.4 Å². The number of hydrogen-bond donors (Lipinski definition) is 0. The molecule has 0 aliphatic carbocycles. The molecule has 0 aliphatic heterocycles. The molecule has 0 bridgehead atoms. The van der Waals surface area contributed by atoms with Crippen LogP contribution in [-0.4, -0.2) is 24.9 Å². The summed E-state index contributed by atoms with van der Waals surface area (Å²) in [5.74, 6) is 0.780. The van der Waals surface area contributed by atoms with Gasteiger partial charge >= 0.3 is 7.60 Å². The highest BCUT2D eigenvalue weighted by Gasteiger charge is 2.35. The fourth-order valence-electron chi connectivity index (χ4n) is 3.87. The number of methoxy groups -OCH3 is 1. The van der Waals surface area contributed by atoms with E-state index in [-0.39, 0.29) is 0 Å². The highest BCUT2D eigenvalue weighted by atomic mass is 31.2. The molecule has 0 N–H and O–H groups in total. The van der Waals surface area contributed by atoms with Crippen LogP contribution in [0.25, 0.3) is 16.5 Å². The lowest BCUT2D eigenvalue weighted by atomic mass is 10.1. The summed E-state index contributed by atoms with van der Waals surface area (Å²) in [5.41, 5.74) is 2.67. The van der Waals surface area contributed by atoms with Gasteiger partial charge in [-0.2, -0.15) is 0 Å². The van der Waals surface area contributed by atoms with Gasteiger partial charge in [0, 0.05) is 22.2 Å². The van der Waals surface area contributed by atoms with Crippen LogP contribution in [0.3, 0.4) is 0 Å². The van der Waals surface area contributed by atoms with E-state index in [0.717, 1.165) is 53.6 Å². The molecule has 0 fully saturated rings. The molecule has 0 saturated carbocycles. The minimum absolute atomic E-state index is 0.310. The van der Waals surface area contributed by atoms with Crippen LogP contribution in [0.1, 0.15) is 45.7 Å². The summed E-state index contributed by atoms with van der Waals surface area (Å²) >= 11 is 0. The molecule has 0 spiro atoms. The number of rotatable bonds is 11. The Balaban J connectivity index is 2.32. The molecule has 0 radical (unpaired) electrons. The van der Waals surface area contributed by atoms with Gasteiger partial charge in [-0.1, -0.05) is 44.0 Å². The van der Waals surface area contributed by atoms with Crippen molar-refractivity contribution in [1.82, 2.24) is 4.57 Å². The van der Waals surface area contributed by atoms with Gasteiger partial charge in [0.25, 0.3) is 0 Å². The number of aromatic nitrogens is 1. The SMILES string of the molecule is CCCCCc1c2ccccc2c(P(=O)(OCC)OCC)n1-c1ccc(OC)cc1. The summed E-state index contributed by atoms with van der Waals surface area (Å²) < 4.78 is 33.0. The van der Waals surface area contributed by atoms with Gasteiger partial charge in [0.1, 0.15) is 11.2 Å². The van der Waals surface area contributed by atoms with E-state index < -0.39 is 7.60 Å². The normalized spacial score (nSPS) is 11.9. The van der Waals surface area contributed by atoms with Gasteiger partial charge in [0.15, 0.2) is 0 Å². The highest BCUT2D eigenvalue weighted by Crippen LogP contribution is 2.50. The zero-order valence-electron chi connectivity index (χ0n) is 18.4. The Bertz CT molecular complexity index is 1000. The summed E-state index contributed by atoms with van der Waals surface area (Å²) in [4.78, 5) is 0. The zero-order chi connectivity index (χ0) is 21.6. The van der Waals surface area contributed by atoms with E-state index in [1.54, 1.807) is 7.11 Å². The highest BCUT2D eigenvalue weighted by molar-refractivity contribution is 7.62. The molecular weight excluding hydrogens is 397 g/mol. The van der Waals surface area contributed by atoms with E-state index in [1.807, 2.05) is 56.3 Å². The first-order valence-electron chi connectivity index (χ1n) is 10.8. The van der Waals surface area contributed by atoms with Gasteiger partial charge < -0.3 is 18.4 Å². The topological polar surface area (TPSA) is 49.7 Å². The Kier molecular flexibility index (Phi) is 7.76. The first-order chi connectivity index (χ1) is 14.6. The molecule has 3 aromatic rings. The van der Waals surface area contributed by atoms with Crippen molar-refractivity contribution < 1.29 is 18.3 Å². The molecule has 0 aliphatic rings. The molecule has 1 heterocycles. The Labute approximate surface area is 179 Å². The molecule has 0 atom stereocenters. The minimum atomic E-state index is -3.53. The van der Waals surface area contributed by atoms with E-state index in [1.165, 1.54) is 0 Å². The van der Waals surface area contributed by atoms with Crippen molar-refractivity contribution in [3.63, 3.8) is 0 Å². The maximum Gasteiger partial charge on any atom is 0.378 e. The average Bonchev–Trinajstić information content (AvgIpc) is 3.09. The van der Waals surface area contributed by atoms with Crippen LogP contribution in [0.4, 0.5) is 0 Å². The minimum Gasteiger partial charge on any atom is -0.497 e. The number of aryl methyl sites for hydroxylation is 1. The first-order valence-corrected chi connectivity index (χ1v) is 12.3. The zero-order valence-corrected chi connectivity index (χ0v) is 19.3. The molecule has 30 heavy (non-hydrogen) atoms. The number of hydrogen-bond acceptors (Lipinski definition) is 4. The summed E-state index contributed by atoms with van der Waals surface area (Å²) in [6.45, 7) is 6.51. The fraction of sp³-hybridized carbons (Fsp3) is 0.417. The van der Waals surface area contributed by atoms with Crippen molar-refractivity contribution >= 4 is 23.8 Å². The number of nitrogens with zero attached hydrogens (tertiary/aromatic N) is 1. The predicted molar refractivity (Wildman–Crippen MR) is 124 cm³/mol. The van der Waals surface area contributed by atoms with E-state index in [4.69, 9.17) is 13.8 Å². The van der Waals surface area contributed by atoms with Gasteiger partial charge in [0.2, 0.25) is 0 Å². The van der Waals surface area contributed by atoms with Crippen molar-refractivity contribution in [2.45, 2.75) is 46.5 Å². The van der Waals surface area contributed by atoms with Gasteiger partial charge in [-0.3, -0.25) is 4.57 Å². The Hall–Kier alpha value is -2.07. The van der Waals surface area contributed by atoms with Crippen LogP contribution < -0.4 is 10.2 Å². The van der Waals surface area contributed by atoms with Gasteiger partial charge in [0.05, 0.1) is 20.3 Å². The lowest BCUT2D eigenvalue weighted by Crippen LogP contribution is -2.21. The second kappa shape index (κ2) is 10.3. The predicted octanol–water partition coefficient (Wildman–Crippen LogP) is 6.26. The summed E-state index contributed by atoms with van der Waals surface area (Å²) in [6.07, 6.45) is 4.24. The summed E-state index contributed by atoms with van der Waals surface area (Å²) in [5, 5.41) is 2.02. The number of fused-ring (bicyclic) bond motifs is 1. The summed E-state index contributed by atoms with van der Waals surface area (Å²) in [6, 6.07) is 15.9. The third kappa shape index (κ3) is 4.49. The van der Waals surface area contributed by atoms with Crippen LogP contribution in [0.2, 0.25) is 0 Å². The Morgan fingerprint density at radius 2 is 1.50 bits per heavy atom. The van der Waals surface area contributed by atoms with Crippen LogP contribution in [-0.2, 0) is 20.0 Å². The smallest absolute Gasteiger partial charge is 0.378 e. The van der Waals surface area contributed by atoms with Crippen LogP contribution >= 0.6 is 7.60 Å². The fourth-order valence-corrected chi connectivity index (χ4v) is 5.84. The monoisotopic (exact) mass is 429 g/mol. The van der Waals surface area contributed by atoms with Gasteiger partial charge in [-0.15, -0.1) is 0 Å². The van der Waals surface area contributed by atoms with E-state index in [2.05, 4.69) is 17.6 Å². The summed E-state index contributed by atoms with van der Waals surface area (Å²) in [7, 11) is -1.87. The van der Waals surface area contributed by atoms with Crippen molar-refractivity contribution in [3.05, 3.63) is 54.2 Å². The van der Waals surface area contributed by atoms with Gasteiger partial charge in [-0.05, 0) is 51.0 Å². The molecule has 162 valence electrons. The lowest BCUT2D eigenvalue weighted by molar-refractivity contribution is 0.229. The van der Waals surface area contributed by atoms with Crippen LogP contribution in [0.5, 0.6) is 5.75 Å². The Morgan fingerprint density at radius 1 is 0.867 bits per heavy atom. The molecule has 1 aromatic heterocycles. The number of unbranched alkanes of at least 4 members (excludes halogenated alkanes) is 2. The average molecular weight is 429 g/mol. The van der Waals surface area contributed by atoms with Gasteiger partial charge in [-0.25, -0.2) is 0 Å². The second-order valence-electron chi connectivity index (χ2n) is 7.14. The maximum atomic E-state index is 14.0. The molecule has 0 unspecified atom stereocenters. The molecule has 6 heteroatoms. The third-order valence-electron chi connectivity index (χ3n) is 5.17. The molecule has 5 nitrogen and oxygen atoms in total. The number of ether oxygens (including phenoxy) is 1. The van der Waals surface area contributed by atoms with Crippen LogP contribution in [0.15, 0.2) is 48.5 Å². The molecule has 0 amide bonds. The van der Waals surface area contributed by atoms with Crippen LogP contribution in [0, 0.1) is 0 Å². The second-order valence-corrected chi connectivity index (χ2v) is 9.07. The quantitative estimate of drug-likeness (QED) is 0.266. The Morgan fingerprint density at radius 3 is 2.07 bits per heavy atom. The number of benzene rings is 2. The van der Waals surface area contributed by atoms with E-state index in [0.29, 0.717) is 18.6 Å². The molecule has 3 rings (SSSR count). The van der Waals surface area contributed by atoms with E-state index in [9.17, 15) is 4.57 Å². The molecule has 0 saturated heterocycles. The molecule has 2 aromatic carbocycles. The molecular formula is C24H32NO4P. The first kappa shape index (κ1) is 22.6. The largest absolute Gasteiger partial charge is 0.497 e. The lowest BCUT2D eigenvalue weighted by Gasteiger charge is -2.21. The maximum absolute atomic E-state index is 14.0. The standard InChI is InChI=1S/C24H32NO4P/c1-5-8-9-14-23-21-12-10-11-13-22(21)24(30(26,28-6-2)29-7-3)25(23)19-15-17-20(27-4)18-16-19/h10-13,15-18H,5-9,14H2,1-4H3.